The van der Waals surface area contributed by atoms with E-state index in [2.05, 4.69) is 5.32 Å². The highest BCUT2D eigenvalue weighted by Gasteiger charge is 2.15. The number of ether oxygens (including phenoxy) is 2. The quantitative estimate of drug-likeness (QED) is 0.823. The van der Waals surface area contributed by atoms with Gasteiger partial charge in [0.15, 0.2) is 0 Å². The topological polar surface area (TPSA) is 47.6 Å². The lowest BCUT2D eigenvalue weighted by atomic mass is 10.2. The number of benzene rings is 2. The maximum absolute atomic E-state index is 12.3. The average molecular weight is 317 g/mol. The van der Waals surface area contributed by atoms with Crippen LogP contribution in [0.3, 0.4) is 0 Å². The molecule has 0 fully saturated rings. The van der Waals surface area contributed by atoms with Gasteiger partial charge in [-0.25, -0.2) is 0 Å². The minimum Gasteiger partial charge on any atom is -0.497 e. The first-order valence-corrected chi connectivity index (χ1v) is 7.76. The Morgan fingerprint density at radius 1 is 1.05 bits per heavy atom. The van der Waals surface area contributed by atoms with Crippen molar-refractivity contribution < 1.29 is 14.3 Å². The summed E-state index contributed by atoms with van der Waals surface area (Å²) in [4.78, 5) is 13.4. The molecule has 22 heavy (non-hydrogen) atoms. The highest BCUT2D eigenvalue weighted by atomic mass is 32.2. The molecule has 0 aliphatic rings. The highest BCUT2D eigenvalue weighted by Crippen LogP contribution is 2.27. The predicted octanol–water partition coefficient (Wildman–Crippen LogP) is 3.82. The molecule has 2 aromatic carbocycles. The molecule has 1 N–H and O–H groups in total. The molecular formula is C17H19NO3S. The van der Waals surface area contributed by atoms with Crippen molar-refractivity contribution in [2.45, 2.75) is 17.1 Å². The summed E-state index contributed by atoms with van der Waals surface area (Å²) in [7, 11) is 3.16. The molecule has 0 unspecified atom stereocenters. The van der Waals surface area contributed by atoms with Crippen LogP contribution >= 0.6 is 11.8 Å². The Morgan fingerprint density at radius 3 is 2.18 bits per heavy atom. The van der Waals surface area contributed by atoms with Crippen molar-refractivity contribution in [3.05, 3.63) is 48.5 Å². The first-order valence-electron chi connectivity index (χ1n) is 6.88. The number of rotatable bonds is 6. The van der Waals surface area contributed by atoms with E-state index in [1.807, 2.05) is 37.3 Å². The number of methoxy groups -OCH3 is 2. The molecule has 4 nitrogen and oxygen atoms in total. The third-order valence-corrected chi connectivity index (χ3v) is 4.16. The summed E-state index contributed by atoms with van der Waals surface area (Å²) in [6.45, 7) is 1.88. The van der Waals surface area contributed by atoms with Crippen molar-refractivity contribution in [1.82, 2.24) is 0 Å². The molecular weight excluding hydrogens is 298 g/mol. The van der Waals surface area contributed by atoms with Gasteiger partial charge in [0.1, 0.15) is 11.5 Å². The highest BCUT2D eigenvalue weighted by molar-refractivity contribution is 8.00. The van der Waals surface area contributed by atoms with Gasteiger partial charge in [-0.3, -0.25) is 4.79 Å². The van der Waals surface area contributed by atoms with Crippen LogP contribution in [0.1, 0.15) is 6.92 Å². The van der Waals surface area contributed by atoms with Crippen LogP contribution in [-0.4, -0.2) is 25.4 Å². The van der Waals surface area contributed by atoms with E-state index in [1.54, 1.807) is 32.4 Å². The van der Waals surface area contributed by atoms with E-state index in [0.29, 0.717) is 17.2 Å². The molecule has 0 saturated carbocycles. The Morgan fingerprint density at radius 2 is 1.64 bits per heavy atom. The second-order valence-corrected chi connectivity index (χ2v) is 6.08. The van der Waals surface area contributed by atoms with Gasteiger partial charge >= 0.3 is 0 Å². The van der Waals surface area contributed by atoms with Gasteiger partial charge in [0.25, 0.3) is 0 Å². The summed E-state index contributed by atoms with van der Waals surface area (Å²) in [6.07, 6.45) is 0. The second-order valence-electron chi connectivity index (χ2n) is 4.66. The summed E-state index contributed by atoms with van der Waals surface area (Å²) in [6, 6.07) is 15.1. The molecule has 0 aliphatic carbocycles. The van der Waals surface area contributed by atoms with Crippen molar-refractivity contribution in [3.8, 4) is 11.5 Å². The van der Waals surface area contributed by atoms with Crippen molar-refractivity contribution in [2.75, 3.05) is 19.5 Å². The third kappa shape index (κ3) is 4.43. The zero-order valence-corrected chi connectivity index (χ0v) is 13.6. The number of hydrogen-bond donors (Lipinski definition) is 1. The average Bonchev–Trinajstić information content (AvgIpc) is 2.55. The predicted molar refractivity (Wildman–Crippen MR) is 89.9 cm³/mol. The zero-order chi connectivity index (χ0) is 15.9. The van der Waals surface area contributed by atoms with E-state index in [1.165, 1.54) is 11.8 Å². The van der Waals surface area contributed by atoms with Crippen LogP contribution in [0.2, 0.25) is 0 Å². The van der Waals surface area contributed by atoms with Gasteiger partial charge in [-0.2, -0.15) is 0 Å². The van der Waals surface area contributed by atoms with Gasteiger partial charge in [-0.15, -0.1) is 11.8 Å². The Labute approximate surface area is 134 Å². The minimum atomic E-state index is -0.209. The van der Waals surface area contributed by atoms with Gasteiger partial charge < -0.3 is 14.8 Å². The van der Waals surface area contributed by atoms with Crippen LogP contribution in [-0.2, 0) is 4.79 Å². The van der Waals surface area contributed by atoms with Crippen molar-refractivity contribution in [1.29, 1.82) is 0 Å². The van der Waals surface area contributed by atoms with Crippen molar-refractivity contribution in [3.63, 3.8) is 0 Å². The molecule has 0 saturated heterocycles. The SMILES string of the molecule is COc1cc(NC(=O)[C@@H](C)Sc2ccccc2)cc(OC)c1. The summed E-state index contributed by atoms with van der Waals surface area (Å²) >= 11 is 1.52. The fraction of sp³-hybridized carbons (Fsp3) is 0.235. The molecule has 1 atom stereocenters. The number of hydrogen-bond acceptors (Lipinski definition) is 4. The first kappa shape index (κ1) is 16.2. The molecule has 0 spiro atoms. The number of amides is 1. The summed E-state index contributed by atoms with van der Waals surface area (Å²) in [5, 5.41) is 2.68. The maximum Gasteiger partial charge on any atom is 0.237 e. The van der Waals surface area contributed by atoms with Crippen LogP contribution in [0, 0.1) is 0 Å². The first-order chi connectivity index (χ1) is 10.6. The van der Waals surface area contributed by atoms with Gasteiger partial charge in [0.2, 0.25) is 5.91 Å². The Bertz CT molecular complexity index is 609. The Hall–Kier alpha value is -2.14. The Balaban J connectivity index is 2.04. The lowest BCUT2D eigenvalue weighted by molar-refractivity contribution is -0.115. The summed E-state index contributed by atoms with van der Waals surface area (Å²) in [5.41, 5.74) is 0.654. The zero-order valence-electron chi connectivity index (χ0n) is 12.8. The lowest BCUT2D eigenvalue weighted by Crippen LogP contribution is -2.22. The largest absolute Gasteiger partial charge is 0.497 e. The number of anilines is 1. The third-order valence-electron chi connectivity index (χ3n) is 3.04. The molecule has 5 heteroatoms. The molecule has 0 radical (unpaired) electrons. The second kappa shape index (κ2) is 7.75. The fourth-order valence-electron chi connectivity index (χ4n) is 1.88. The number of carbonyl (C=O) groups is 1. The summed E-state index contributed by atoms with van der Waals surface area (Å²) in [5.74, 6) is 1.21. The lowest BCUT2D eigenvalue weighted by Gasteiger charge is -2.13. The maximum atomic E-state index is 12.3. The Kier molecular flexibility index (Phi) is 5.72. The van der Waals surface area contributed by atoms with E-state index >= 15 is 0 Å². The van der Waals surface area contributed by atoms with Crippen LogP contribution in [0.4, 0.5) is 5.69 Å². The minimum absolute atomic E-state index is 0.0656. The molecule has 0 bridgehead atoms. The van der Waals surface area contributed by atoms with Crippen molar-refractivity contribution >= 4 is 23.4 Å². The van der Waals surface area contributed by atoms with Crippen LogP contribution in [0.5, 0.6) is 11.5 Å². The summed E-state index contributed by atoms with van der Waals surface area (Å²) < 4.78 is 10.4. The molecule has 2 rings (SSSR count). The van der Waals surface area contributed by atoms with Gasteiger partial charge in [-0.05, 0) is 19.1 Å². The standard InChI is InChI=1S/C17H19NO3S/c1-12(22-16-7-5-4-6-8-16)17(19)18-13-9-14(20-2)11-15(10-13)21-3/h4-12H,1-3H3,(H,18,19)/t12-/m1/s1. The fourth-order valence-corrected chi connectivity index (χ4v) is 2.77. The molecule has 2 aromatic rings. The smallest absolute Gasteiger partial charge is 0.237 e. The van der Waals surface area contributed by atoms with Gasteiger partial charge in [0, 0.05) is 28.8 Å². The number of carbonyl (C=O) groups excluding carboxylic acids is 1. The van der Waals surface area contributed by atoms with Crippen LogP contribution in [0.15, 0.2) is 53.4 Å². The van der Waals surface area contributed by atoms with Crippen LogP contribution in [0.25, 0.3) is 0 Å². The van der Waals surface area contributed by atoms with Gasteiger partial charge in [0.05, 0.1) is 19.5 Å². The van der Waals surface area contributed by atoms with E-state index < -0.39 is 0 Å². The molecule has 116 valence electrons. The van der Waals surface area contributed by atoms with Crippen molar-refractivity contribution in [2.24, 2.45) is 0 Å². The number of thioether (sulfide) groups is 1. The van der Waals surface area contributed by atoms with Crippen LogP contribution < -0.4 is 14.8 Å². The van der Waals surface area contributed by atoms with E-state index in [4.69, 9.17) is 9.47 Å². The van der Waals surface area contributed by atoms with E-state index in [9.17, 15) is 4.79 Å². The molecule has 0 aliphatic heterocycles. The molecule has 0 aromatic heterocycles. The normalized spacial score (nSPS) is 11.6. The number of nitrogens with one attached hydrogen (secondary N) is 1. The van der Waals surface area contributed by atoms with E-state index in [-0.39, 0.29) is 11.2 Å². The molecule has 1 amide bonds. The monoisotopic (exact) mass is 317 g/mol. The van der Waals surface area contributed by atoms with Gasteiger partial charge in [-0.1, -0.05) is 18.2 Å². The van der Waals surface area contributed by atoms with E-state index in [0.717, 1.165) is 4.90 Å². The molecule has 0 heterocycles.